The van der Waals surface area contributed by atoms with Crippen LogP contribution in [0.25, 0.3) is 0 Å². The molecule has 10 heteroatoms. The highest BCUT2D eigenvalue weighted by Crippen LogP contribution is 2.19. The van der Waals surface area contributed by atoms with Gasteiger partial charge in [-0.05, 0) is 42.8 Å². The minimum atomic E-state index is -3.74. The molecule has 0 aliphatic carbocycles. The Bertz CT molecular complexity index is 1010. The molecule has 0 radical (unpaired) electrons. The Morgan fingerprint density at radius 2 is 1.96 bits per heavy atom. The van der Waals surface area contributed by atoms with Crippen LogP contribution in [0, 0.1) is 0 Å². The first-order valence-electron chi connectivity index (χ1n) is 8.28. The summed E-state index contributed by atoms with van der Waals surface area (Å²) in [5.74, 6) is 0.176. The van der Waals surface area contributed by atoms with Crippen molar-refractivity contribution in [3.8, 4) is 0 Å². The summed E-state index contributed by atoms with van der Waals surface area (Å²) in [7, 11) is -5.28. The first-order chi connectivity index (χ1) is 12.7. The summed E-state index contributed by atoms with van der Waals surface area (Å²) in [4.78, 5) is 14.0. The molecule has 2 aromatic rings. The lowest BCUT2D eigenvalue weighted by atomic mass is 10.1. The number of sulfonamides is 1. The normalized spacial score (nSPS) is 19.1. The van der Waals surface area contributed by atoms with Crippen molar-refractivity contribution in [2.45, 2.75) is 23.9 Å². The van der Waals surface area contributed by atoms with Crippen LogP contribution in [0.1, 0.15) is 22.5 Å². The molecule has 1 saturated heterocycles. The zero-order valence-corrected chi connectivity index (χ0v) is 16.3. The van der Waals surface area contributed by atoms with Crippen LogP contribution in [0.5, 0.6) is 0 Å². The number of furan rings is 1. The predicted molar refractivity (Wildman–Crippen MR) is 98.3 cm³/mol. The molecule has 1 amide bonds. The summed E-state index contributed by atoms with van der Waals surface area (Å²) in [6.07, 6.45) is 1.86. The van der Waals surface area contributed by atoms with Crippen LogP contribution in [0.2, 0.25) is 0 Å². The maximum atomic E-state index is 12.5. The molecule has 1 aromatic heterocycles. The standard InChI is InChI=1S/C17H20N2O6S2/c1-19(14-8-10-26(21,22)12-14)17(20)13-4-6-16(7-5-13)27(23,24)18-11-15-3-2-9-25-15/h2-7,9,14,18H,8,10-12H2,1H3/t14-/m0/s1. The van der Waals surface area contributed by atoms with Gasteiger partial charge in [-0.3, -0.25) is 4.79 Å². The lowest BCUT2D eigenvalue weighted by Crippen LogP contribution is -2.37. The van der Waals surface area contributed by atoms with Crippen molar-refractivity contribution in [2.24, 2.45) is 0 Å². The van der Waals surface area contributed by atoms with Gasteiger partial charge in [0.1, 0.15) is 5.76 Å². The Hall–Kier alpha value is -2.17. The number of benzene rings is 1. The highest BCUT2D eigenvalue weighted by molar-refractivity contribution is 7.91. The lowest BCUT2D eigenvalue weighted by Gasteiger charge is -2.23. The van der Waals surface area contributed by atoms with E-state index in [4.69, 9.17) is 4.42 Å². The third-order valence-electron chi connectivity index (χ3n) is 4.50. The van der Waals surface area contributed by atoms with Gasteiger partial charge in [-0.1, -0.05) is 0 Å². The molecular weight excluding hydrogens is 392 g/mol. The molecule has 0 saturated carbocycles. The summed E-state index contributed by atoms with van der Waals surface area (Å²) >= 11 is 0. The number of hydrogen-bond donors (Lipinski definition) is 1. The van der Waals surface area contributed by atoms with Crippen LogP contribution >= 0.6 is 0 Å². The molecule has 1 aromatic carbocycles. The molecule has 2 heterocycles. The number of nitrogens with zero attached hydrogens (tertiary/aromatic N) is 1. The number of hydrogen-bond acceptors (Lipinski definition) is 6. The van der Waals surface area contributed by atoms with Gasteiger partial charge in [-0.25, -0.2) is 21.6 Å². The van der Waals surface area contributed by atoms with E-state index in [1.54, 1.807) is 19.2 Å². The number of carbonyl (C=O) groups excluding carboxylic acids is 1. The van der Waals surface area contributed by atoms with Gasteiger partial charge in [0.2, 0.25) is 10.0 Å². The zero-order chi connectivity index (χ0) is 19.7. The molecule has 8 nitrogen and oxygen atoms in total. The molecule has 1 N–H and O–H groups in total. The minimum Gasteiger partial charge on any atom is -0.468 e. The largest absolute Gasteiger partial charge is 0.468 e. The van der Waals surface area contributed by atoms with Crippen molar-refractivity contribution < 1.29 is 26.0 Å². The maximum Gasteiger partial charge on any atom is 0.253 e. The predicted octanol–water partition coefficient (Wildman–Crippen LogP) is 1.02. The van der Waals surface area contributed by atoms with E-state index in [9.17, 15) is 21.6 Å². The van der Waals surface area contributed by atoms with Crippen LogP contribution in [-0.4, -0.2) is 52.2 Å². The van der Waals surface area contributed by atoms with E-state index in [0.717, 1.165) is 0 Å². The van der Waals surface area contributed by atoms with Gasteiger partial charge in [0.15, 0.2) is 9.84 Å². The molecule has 27 heavy (non-hydrogen) atoms. The number of rotatable bonds is 6. The molecular formula is C17H20N2O6S2. The lowest BCUT2D eigenvalue weighted by molar-refractivity contribution is 0.0747. The zero-order valence-electron chi connectivity index (χ0n) is 14.7. The summed E-state index contributed by atoms with van der Waals surface area (Å²) in [6, 6.07) is 8.49. The topological polar surface area (TPSA) is 114 Å². The summed E-state index contributed by atoms with van der Waals surface area (Å²) < 4.78 is 55.3. The second-order valence-corrected chi connectivity index (χ2v) is 10.4. The van der Waals surface area contributed by atoms with Crippen molar-refractivity contribution in [3.63, 3.8) is 0 Å². The third-order valence-corrected chi connectivity index (χ3v) is 7.67. The van der Waals surface area contributed by atoms with Gasteiger partial charge in [0, 0.05) is 18.7 Å². The molecule has 0 bridgehead atoms. The van der Waals surface area contributed by atoms with Crippen molar-refractivity contribution in [1.82, 2.24) is 9.62 Å². The van der Waals surface area contributed by atoms with E-state index >= 15 is 0 Å². The SMILES string of the molecule is CN(C(=O)c1ccc(S(=O)(=O)NCc2ccco2)cc1)[C@H]1CCS(=O)(=O)C1. The van der Waals surface area contributed by atoms with E-state index < -0.39 is 19.9 Å². The Kier molecular flexibility index (Phi) is 5.41. The summed E-state index contributed by atoms with van der Waals surface area (Å²) in [6.45, 7) is 0.0227. The Balaban J connectivity index is 1.68. The number of amides is 1. The van der Waals surface area contributed by atoms with Gasteiger partial charge >= 0.3 is 0 Å². The first-order valence-corrected chi connectivity index (χ1v) is 11.6. The Labute approximate surface area is 158 Å². The number of carbonyl (C=O) groups is 1. The molecule has 0 unspecified atom stereocenters. The van der Waals surface area contributed by atoms with E-state index in [-0.39, 0.29) is 34.9 Å². The van der Waals surface area contributed by atoms with Gasteiger partial charge in [0.25, 0.3) is 5.91 Å². The molecule has 3 rings (SSSR count). The second kappa shape index (κ2) is 7.45. The van der Waals surface area contributed by atoms with E-state index in [0.29, 0.717) is 17.7 Å². The quantitative estimate of drug-likeness (QED) is 0.758. The fourth-order valence-corrected chi connectivity index (χ4v) is 5.66. The van der Waals surface area contributed by atoms with E-state index in [1.165, 1.54) is 35.4 Å². The van der Waals surface area contributed by atoms with Crippen LogP contribution in [0.3, 0.4) is 0 Å². The summed E-state index contributed by atoms with van der Waals surface area (Å²) in [5, 5.41) is 0. The first kappa shape index (κ1) is 19.6. The number of nitrogens with one attached hydrogen (secondary N) is 1. The van der Waals surface area contributed by atoms with Crippen molar-refractivity contribution in [2.75, 3.05) is 18.6 Å². The molecule has 146 valence electrons. The van der Waals surface area contributed by atoms with E-state index in [1.807, 2.05) is 0 Å². The van der Waals surface area contributed by atoms with Crippen LogP contribution in [0.4, 0.5) is 0 Å². The van der Waals surface area contributed by atoms with Crippen molar-refractivity contribution >= 4 is 25.8 Å². The highest BCUT2D eigenvalue weighted by atomic mass is 32.2. The van der Waals surface area contributed by atoms with Crippen molar-refractivity contribution in [1.29, 1.82) is 0 Å². The van der Waals surface area contributed by atoms with Gasteiger partial charge in [0.05, 0.1) is 29.2 Å². The monoisotopic (exact) mass is 412 g/mol. The van der Waals surface area contributed by atoms with Gasteiger partial charge in [-0.15, -0.1) is 0 Å². The van der Waals surface area contributed by atoms with Gasteiger partial charge < -0.3 is 9.32 Å². The second-order valence-electron chi connectivity index (χ2n) is 6.40. The molecule has 0 spiro atoms. The smallest absolute Gasteiger partial charge is 0.253 e. The third kappa shape index (κ3) is 4.57. The minimum absolute atomic E-state index is 0.0227. The molecule has 1 atom stereocenters. The molecule has 1 aliphatic heterocycles. The molecule has 1 aliphatic rings. The average molecular weight is 412 g/mol. The number of sulfone groups is 1. The fraction of sp³-hybridized carbons (Fsp3) is 0.353. The van der Waals surface area contributed by atoms with Crippen LogP contribution in [0.15, 0.2) is 52.0 Å². The average Bonchev–Trinajstić information content (AvgIpc) is 3.28. The molecule has 1 fully saturated rings. The fourth-order valence-electron chi connectivity index (χ4n) is 2.89. The van der Waals surface area contributed by atoms with Crippen molar-refractivity contribution in [3.05, 3.63) is 54.0 Å². The van der Waals surface area contributed by atoms with Crippen LogP contribution in [-0.2, 0) is 26.4 Å². The Morgan fingerprint density at radius 1 is 1.26 bits per heavy atom. The van der Waals surface area contributed by atoms with Crippen LogP contribution < -0.4 is 4.72 Å². The maximum absolute atomic E-state index is 12.5. The Morgan fingerprint density at radius 3 is 2.52 bits per heavy atom. The van der Waals surface area contributed by atoms with Gasteiger partial charge in [-0.2, -0.15) is 0 Å². The highest BCUT2D eigenvalue weighted by Gasteiger charge is 2.33. The van der Waals surface area contributed by atoms with E-state index in [2.05, 4.69) is 4.72 Å². The summed E-state index contributed by atoms with van der Waals surface area (Å²) in [5.41, 5.74) is 0.298.